The highest BCUT2D eigenvalue weighted by molar-refractivity contribution is 5.76. The minimum atomic E-state index is 0.285. The van der Waals surface area contributed by atoms with Crippen LogP contribution in [0.15, 0.2) is 17.0 Å². The second kappa shape index (κ2) is 2.50. The minimum absolute atomic E-state index is 0.285. The second-order valence-corrected chi connectivity index (χ2v) is 1.63. The van der Waals surface area contributed by atoms with Gasteiger partial charge in [-0.1, -0.05) is 0 Å². The maximum Gasteiger partial charge on any atom is 0.155 e. The summed E-state index contributed by atoms with van der Waals surface area (Å²) in [7, 11) is 1.52. The number of hydrogen-bond donors (Lipinski definition) is 1. The lowest BCUT2D eigenvalue weighted by Crippen LogP contribution is -2.17. The van der Waals surface area contributed by atoms with Crippen molar-refractivity contribution >= 4 is 6.21 Å². The first kappa shape index (κ1) is 6.10. The zero-order valence-electron chi connectivity index (χ0n) is 5.11. The summed E-state index contributed by atoms with van der Waals surface area (Å²) in [6.45, 7) is 0.285. The number of hydroxylamine groups is 2. The molecule has 1 aliphatic heterocycles. The van der Waals surface area contributed by atoms with Gasteiger partial charge in [-0.2, -0.15) is 0 Å². The Morgan fingerprint density at radius 2 is 2.67 bits per heavy atom. The largest absolute Gasteiger partial charge is 0.494 e. The molecule has 0 spiro atoms. The van der Waals surface area contributed by atoms with Crippen molar-refractivity contribution in [2.24, 2.45) is 4.99 Å². The zero-order chi connectivity index (χ0) is 6.69. The van der Waals surface area contributed by atoms with Gasteiger partial charge < -0.3 is 4.74 Å². The number of allylic oxidation sites excluding steroid dienone is 1. The number of methoxy groups -OCH3 is 1. The maximum absolute atomic E-state index is 8.77. The second-order valence-electron chi connectivity index (χ2n) is 1.63. The van der Waals surface area contributed by atoms with Crippen LogP contribution in [0.2, 0.25) is 0 Å². The molecule has 0 unspecified atom stereocenters. The van der Waals surface area contributed by atoms with E-state index in [0.717, 1.165) is 5.06 Å². The third-order valence-electron chi connectivity index (χ3n) is 0.957. The molecule has 1 aliphatic rings. The van der Waals surface area contributed by atoms with Crippen LogP contribution in [0.3, 0.4) is 0 Å². The van der Waals surface area contributed by atoms with E-state index in [1.54, 1.807) is 6.21 Å². The van der Waals surface area contributed by atoms with Crippen LogP contribution in [0.25, 0.3) is 0 Å². The summed E-state index contributed by atoms with van der Waals surface area (Å²) < 4.78 is 4.77. The first-order valence-corrected chi connectivity index (χ1v) is 2.54. The fourth-order valence-corrected chi connectivity index (χ4v) is 0.541. The lowest BCUT2D eigenvalue weighted by atomic mass is 10.5. The van der Waals surface area contributed by atoms with Crippen molar-refractivity contribution in [2.75, 3.05) is 13.8 Å². The molecule has 50 valence electrons. The Hall–Kier alpha value is -1.03. The molecular weight excluding hydrogens is 120 g/mol. The highest BCUT2D eigenvalue weighted by atomic mass is 16.5. The van der Waals surface area contributed by atoms with Gasteiger partial charge in [0.2, 0.25) is 0 Å². The Morgan fingerprint density at radius 3 is 3.11 bits per heavy atom. The average Bonchev–Trinajstić information content (AvgIpc) is 1.88. The van der Waals surface area contributed by atoms with E-state index in [9.17, 15) is 0 Å². The lowest BCUT2D eigenvalue weighted by Gasteiger charge is -2.13. The quantitative estimate of drug-likeness (QED) is 0.549. The van der Waals surface area contributed by atoms with Crippen molar-refractivity contribution < 1.29 is 9.94 Å². The van der Waals surface area contributed by atoms with Gasteiger partial charge in [-0.05, 0) is 0 Å². The van der Waals surface area contributed by atoms with Gasteiger partial charge in [-0.3, -0.25) is 10.2 Å². The average molecular weight is 128 g/mol. The summed E-state index contributed by atoms with van der Waals surface area (Å²) in [5.74, 6) is 0.559. The third kappa shape index (κ3) is 1.43. The predicted octanol–water partition coefficient (Wildman–Crippen LogP) is 0.207. The smallest absolute Gasteiger partial charge is 0.155 e. The van der Waals surface area contributed by atoms with Crippen molar-refractivity contribution in [3.8, 4) is 0 Å². The summed E-state index contributed by atoms with van der Waals surface area (Å²) in [4.78, 5) is 3.77. The molecule has 9 heavy (non-hydrogen) atoms. The van der Waals surface area contributed by atoms with Crippen molar-refractivity contribution in [3.63, 3.8) is 0 Å². The molecule has 0 amide bonds. The molecule has 0 aromatic heterocycles. The molecule has 1 N–H and O–H groups in total. The Morgan fingerprint density at radius 1 is 1.89 bits per heavy atom. The van der Waals surface area contributed by atoms with Crippen LogP contribution in [-0.2, 0) is 4.74 Å². The van der Waals surface area contributed by atoms with Gasteiger partial charge in [0, 0.05) is 0 Å². The Kier molecular flexibility index (Phi) is 1.69. The van der Waals surface area contributed by atoms with Crippen LogP contribution in [0.5, 0.6) is 0 Å². The standard InChI is InChI=1S/C5H8N2O2/c1-9-5-2-6-4-7(8)3-5/h2-3,8H,4H2,1H3. The lowest BCUT2D eigenvalue weighted by molar-refractivity contribution is -0.0424. The van der Waals surface area contributed by atoms with Gasteiger partial charge in [-0.25, -0.2) is 5.06 Å². The summed E-state index contributed by atoms with van der Waals surface area (Å²) in [5.41, 5.74) is 0. The van der Waals surface area contributed by atoms with E-state index in [2.05, 4.69) is 4.99 Å². The Bertz CT molecular complexity index is 153. The molecular formula is C5H8N2O2. The van der Waals surface area contributed by atoms with Gasteiger partial charge in [0.1, 0.15) is 6.67 Å². The van der Waals surface area contributed by atoms with Gasteiger partial charge in [0.25, 0.3) is 0 Å². The fraction of sp³-hybridized carbons (Fsp3) is 0.400. The van der Waals surface area contributed by atoms with E-state index in [0.29, 0.717) is 5.76 Å². The highest BCUT2D eigenvalue weighted by Gasteiger charge is 2.00. The molecule has 1 rings (SSSR count). The van der Waals surface area contributed by atoms with E-state index < -0.39 is 0 Å². The van der Waals surface area contributed by atoms with Crippen molar-refractivity contribution in [1.82, 2.24) is 5.06 Å². The molecule has 4 nitrogen and oxygen atoms in total. The summed E-state index contributed by atoms with van der Waals surface area (Å²) in [5, 5.41) is 9.73. The molecule has 0 aliphatic carbocycles. The zero-order valence-corrected chi connectivity index (χ0v) is 5.11. The Labute approximate surface area is 53.0 Å². The summed E-state index contributed by atoms with van der Waals surface area (Å²) in [6, 6.07) is 0. The van der Waals surface area contributed by atoms with Crippen LogP contribution >= 0.6 is 0 Å². The molecule has 0 atom stereocenters. The topological polar surface area (TPSA) is 45.1 Å². The fourth-order valence-electron chi connectivity index (χ4n) is 0.541. The van der Waals surface area contributed by atoms with Gasteiger partial charge >= 0.3 is 0 Å². The minimum Gasteiger partial charge on any atom is -0.494 e. The summed E-state index contributed by atoms with van der Waals surface area (Å²) >= 11 is 0. The van der Waals surface area contributed by atoms with Gasteiger partial charge in [-0.15, -0.1) is 0 Å². The van der Waals surface area contributed by atoms with Crippen LogP contribution in [0.1, 0.15) is 0 Å². The Balaban J connectivity index is 2.59. The molecule has 0 aromatic rings. The monoisotopic (exact) mass is 128 g/mol. The molecule has 0 saturated carbocycles. The molecule has 0 bridgehead atoms. The van der Waals surface area contributed by atoms with Crippen molar-refractivity contribution in [1.29, 1.82) is 0 Å². The number of nitrogens with zero attached hydrogens (tertiary/aromatic N) is 2. The first-order chi connectivity index (χ1) is 4.33. The number of rotatable bonds is 1. The van der Waals surface area contributed by atoms with E-state index >= 15 is 0 Å². The van der Waals surface area contributed by atoms with Crippen molar-refractivity contribution in [3.05, 3.63) is 12.0 Å². The van der Waals surface area contributed by atoms with E-state index in [1.165, 1.54) is 13.3 Å². The molecule has 0 radical (unpaired) electrons. The van der Waals surface area contributed by atoms with Gasteiger partial charge in [0.05, 0.1) is 19.5 Å². The third-order valence-corrected chi connectivity index (χ3v) is 0.957. The van der Waals surface area contributed by atoms with Crippen LogP contribution in [0.4, 0.5) is 0 Å². The number of hydrogen-bond acceptors (Lipinski definition) is 4. The van der Waals surface area contributed by atoms with Crippen LogP contribution in [0, 0.1) is 0 Å². The number of ether oxygens (including phenoxy) is 1. The van der Waals surface area contributed by atoms with E-state index in [4.69, 9.17) is 9.94 Å². The molecule has 0 fully saturated rings. The maximum atomic E-state index is 8.77. The van der Waals surface area contributed by atoms with E-state index in [-0.39, 0.29) is 6.67 Å². The molecule has 4 heteroatoms. The first-order valence-electron chi connectivity index (χ1n) is 2.54. The van der Waals surface area contributed by atoms with Gasteiger partial charge in [0.15, 0.2) is 5.76 Å². The predicted molar refractivity (Wildman–Crippen MR) is 32.1 cm³/mol. The molecule has 1 heterocycles. The summed E-state index contributed by atoms with van der Waals surface area (Å²) in [6.07, 6.45) is 3.03. The van der Waals surface area contributed by atoms with Crippen LogP contribution in [-0.4, -0.2) is 30.3 Å². The van der Waals surface area contributed by atoms with E-state index in [1.807, 2.05) is 0 Å². The normalized spacial score (nSPS) is 17.6. The number of aliphatic imine (C=N–C) groups is 1. The van der Waals surface area contributed by atoms with Crippen molar-refractivity contribution in [2.45, 2.75) is 0 Å². The highest BCUT2D eigenvalue weighted by Crippen LogP contribution is 1.99. The molecule has 0 aromatic carbocycles. The molecule has 0 saturated heterocycles. The SMILES string of the molecule is COC1=CN(O)CN=C1. The van der Waals surface area contributed by atoms with Crippen LogP contribution < -0.4 is 0 Å².